The van der Waals surface area contributed by atoms with Crippen molar-refractivity contribution in [1.82, 2.24) is 15.1 Å². The highest BCUT2D eigenvalue weighted by Gasteiger charge is 2.02. The smallest absolute Gasteiger partial charge is 0.263 e. The van der Waals surface area contributed by atoms with Gasteiger partial charge >= 0.3 is 0 Å². The number of nitrogens with zero attached hydrogens (tertiary/aromatic N) is 1. The summed E-state index contributed by atoms with van der Waals surface area (Å²) >= 11 is 0. The number of hydrogen-bond acceptors (Lipinski definition) is 2. The van der Waals surface area contributed by atoms with Crippen molar-refractivity contribution >= 4 is 0 Å². The minimum atomic E-state index is -0.0880. The predicted octanol–water partition coefficient (Wildman–Crippen LogP) is 1.83. The minimum absolute atomic E-state index is 0.0880. The van der Waals surface area contributed by atoms with Gasteiger partial charge < -0.3 is 10.00 Å². The molecule has 1 aromatic heterocycles. The zero-order chi connectivity index (χ0) is 11.5. The molecule has 1 saturated heterocycles. The van der Waals surface area contributed by atoms with Gasteiger partial charge in [0.1, 0.15) is 0 Å². The Morgan fingerprint density at radius 3 is 2.00 bits per heavy atom. The van der Waals surface area contributed by atoms with Gasteiger partial charge in [-0.3, -0.25) is 9.89 Å². The highest BCUT2D eigenvalue weighted by atomic mass is 16.1. The monoisotopic (exact) mass is 213 g/mol. The molecule has 0 saturated carbocycles. The molecule has 0 bridgehead atoms. The number of aromatic amines is 2. The number of likely N-dealkylation sites (tertiary alicyclic amines) is 1. The summed E-state index contributed by atoms with van der Waals surface area (Å²) in [6, 6.07) is 1.42. The van der Waals surface area contributed by atoms with Crippen LogP contribution in [0.25, 0.3) is 0 Å². The Labute approximate surface area is 91.7 Å². The Balaban J connectivity index is 0.000000227. The molecular formula is C11H23N3O. The molecule has 2 heterocycles. The molecule has 1 fully saturated rings. The lowest BCUT2D eigenvalue weighted by Crippen LogP contribution is -2.24. The first kappa shape index (κ1) is 14.0. The summed E-state index contributed by atoms with van der Waals surface area (Å²) in [5, 5.41) is 4.81. The zero-order valence-electron chi connectivity index (χ0n) is 10.0. The Bertz CT molecular complexity index is 244. The molecule has 2 N–H and O–H groups in total. The SMILES string of the molecule is CC.CN1CCCCC1.O=c1cc[nH][nH]1. The molecule has 0 spiro atoms. The van der Waals surface area contributed by atoms with E-state index in [1.165, 1.54) is 38.4 Å². The number of rotatable bonds is 0. The van der Waals surface area contributed by atoms with Crippen molar-refractivity contribution in [3.63, 3.8) is 0 Å². The predicted molar refractivity (Wildman–Crippen MR) is 64.1 cm³/mol. The second-order valence-corrected chi connectivity index (χ2v) is 3.33. The Morgan fingerprint density at radius 2 is 1.80 bits per heavy atom. The Kier molecular flexibility index (Phi) is 8.87. The molecular weight excluding hydrogens is 190 g/mol. The largest absolute Gasteiger partial charge is 0.306 e. The molecule has 0 radical (unpaired) electrons. The lowest BCUT2D eigenvalue weighted by molar-refractivity contribution is 0.277. The summed E-state index contributed by atoms with van der Waals surface area (Å²) in [4.78, 5) is 12.4. The van der Waals surface area contributed by atoms with Crippen LogP contribution in [-0.4, -0.2) is 35.2 Å². The van der Waals surface area contributed by atoms with Gasteiger partial charge in [-0.2, -0.15) is 0 Å². The second kappa shape index (κ2) is 9.52. The molecule has 2 rings (SSSR count). The van der Waals surface area contributed by atoms with E-state index in [0.717, 1.165) is 0 Å². The number of H-pyrrole nitrogens is 2. The van der Waals surface area contributed by atoms with Gasteiger partial charge in [0, 0.05) is 12.3 Å². The van der Waals surface area contributed by atoms with E-state index in [4.69, 9.17) is 0 Å². The van der Waals surface area contributed by atoms with E-state index >= 15 is 0 Å². The van der Waals surface area contributed by atoms with Crippen molar-refractivity contribution in [2.24, 2.45) is 0 Å². The van der Waals surface area contributed by atoms with Crippen LogP contribution < -0.4 is 5.56 Å². The van der Waals surface area contributed by atoms with Crippen molar-refractivity contribution in [2.75, 3.05) is 20.1 Å². The third-order valence-electron chi connectivity index (χ3n) is 2.09. The highest BCUT2D eigenvalue weighted by molar-refractivity contribution is 4.75. The number of aromatic nitrogens is 2. The molecule has 1 aliphatic rings. The minimum Gasteiger partial charge on any atom is -0.306 e. The maximum atomic E-state index is 9.98. The molecule has 0 aliphatic carbocycles. The van der Waals surface area contributed by atoms with Crippen LogP contribution in [0.2, 0.25) is 0 Å². The zero-order valence-corrected chi connectivity index (χ0v) is 10.0. The van der Waals surface area contributed by atoms with Crippen molar-refractivity contribution in [3.05, 3.63) is 22.6 Å². The van der Waals surface area contributed by atoms with Crippen LogP contribution in [-0.2, 0) is 0 Å². The Morgan fingerprint density at radius 1 is 1.20 bits per heavy atom. The topological polar surface area (TPSA) is 51.9 Å². The van der Waals surface area contributed by atoms with Crippen LogP contribution in [0, 0.1) is 0 Å². The highest BCUT2D eigenvalue weighted by Crippen LogP contribution is 2.04. The summed E-state index contributed by atoms with van der Waals surface area (Å²) < 4.78 is 0. The molecule has 1 aliphatic heterocycles. The average molecular weight is 213 g/mol. The summed E-state index contributed by atoms with van der Waals surface area (Å²) in [5.41, 5.74) is -0.0880. The van der Waals surface area contributed by atoms with E-state index in [9.17, 15) is 4.79 Å². The standard InChI is InChI=1S/C6H13N.C3H4N2O.C2H6/c1-7-5-3-2-4-6-7;6-3-1-2-4-5-3;1-2/h2-6H2,1H3;1-2H,(H2,4,5,6);1-2H3. The summed E-state index contributed by atoms with van der Waals surface area (Å²) in [6.07, 6.45) is 5.82. The first-order valence-electron chi connectivity index (χ1n) is 5.69. The molecule has 15 heavy (non-hydrogen) atoms. The van der Waals surface area contributed by atoms with Gasteiger partial charge in [0.2, 0.25) is 0 Å². The molecule has 0 amide bonds. The molecule has 88 valence electrons. The lowest BCUT2D eigenvalue weighted by Gasteiger charge is -2.20. The first-order chi connectivity index (χ1) is 7.29. The fraction of sp³-hybridized carbons (Fsp3) is 0.727. The molecule has 0 atom stereocenters. The third kappa shape index (κ3) is 8.00. The fourth-order valence-electron chi connectivity index (χ4n) is 1.32. The van der Waals surface area contributed by atoms with Crippen molar-refractivity contribution in [3.8, 4) is 0 Å². The van der Waals surface area contributed by atoms with Crippen molar-refractivity contribution < 1.29 is 0 Å². The molecule has 0 unspecified atom stereocenters. The second-order valence-electron chi connectivity index (χ2n) is 3.33. The maximum Gasteiger partial charge on any atom is 0.263 e. The van der Waals surface area contributed by atoms with E-state index in [1.54, 1.807) is 6.20 Å². The van der Waals surface area contributed by atoms with Crippen LogP contribution in [0.4, 0.5) is 0 Å². The summed E-state index contributed by atoms with van der Waals surface area (Å²) in [5.74, 6) is 0. The fourth-order valence-corrected chi connectivity index (χ4v) is 1.32. The third-order valence-corrected chi connectivity index (χ3v) is 2.09. The normalized spacial score (nSPS) is 15.7. The average Bonchev–Trinajstić information content (AvgIpc) is 2.74. The quantitative estimate of drug-likeness (QED) is 0.691. The van der Waals surface area contributed by atoms with Crippen molar-refractivity contribution in [1.29, 1.82) is 0 Å². The van der Waals surface area contributed by atoms with E-state index in [-0.39, 0.29) is 5.56 Å². The summed E-state index contributed by atoms with van der Waals surface area (Å²) in [7, 11) is 2.19. The van der Waals surface area contributed by atoms with E-state index in [2.05, 4.69) is 22.1 Å². The van der Waals surface area contributed by atoms with Crippen LogP contribution >= 0.6 is 0 Å². The van der Waals surface area contributed by atoms with E-state index < -0.39 is 0 Å². The van der Waals surface area contributed by atoms with Gasteiger partial charge in [0.15, 0.2) is 0 Å². The molecule has 1 aromatic rings. The first-order valence-corrected chi connectivity index (χ1v) is 5.69. The number of hydrogen-bond donors (Lipinski definition) is 2. The molecule has 4 nitrogen and oxygen atoms in total. The lowest BCUT2D eigenvalue weighted by atomic mass is 10.1. The maximum absolute atomic E-state index is 9.98. The van der Waals surface area contributed by atoms with Crippen LogP contribution in [0.5, 0.6) is 0 Å². The number of piperidine rings is 1. The van der Waals surface area contributed by atoms with Crippen LogP contribution in [0.3, 0.4) is 0 Å². The van der Waals surface area contributed by atoms with E-state index in [1.807, 2.05) is 13.8 Å². The van der Waals surface area contributed by atoms with E-state index in [0.29, 0.717) is 0 Å². The van der Waals surface area contributed by atoms with Gasteiger partial charge in [-0.05, 0) is 33.0 Å². The van der Waals surface area contributed by atoms with Gasteiger partial charge in [-0.1, -0.05) is 20.3 Å². The van der Waals surface area contributed by atoms with Crippen molar-refractivity contribution in [2.45, 2.75) is 33.1 Å². The van der Waals surface area contributed by atoms with Gasteiger partial charge in [-0.25, -0.2) is 0 Å². The Hall–Kier alpha value is -1.03. The van der Waals surface area contributed by atoms with Crippen LogP contribution in [0.15, 0.2) is 17.1 Å². The number of nitrogens with one attached hydrogen (secondary N) is 2. The van der Waals surface area contributed by atoms with Crippen LogP contribution in [0.1, 0.15) is 33.1 Å². The van der Waals surface area contributed by atoms with Gasteiger partial charge in [0.05, 0.1) is 0 Å². The molecule has 4 heteroatoms. The van der Waals surface area contributed by atoms with Gasteiger partial charge in [-0.15, -0.1) is 0 Å². The van der Waals surface area contributed by atoms with Gasteiger partial charge in [0.25, 0.3) is 5.56 Å². The molecule has 0 aromatic carbocycles. The summed E-state index contributed by atoms with van der Waals surface area (Å²) in [6.45, 7) is 6.64.